The van der Waals surface area contributed by atoms with Gasteiger partial charge < -0.3 is 9.88 Å². The van der Waals surface area contributed by atoms with Crippen molar-refractivity contribution < 1.29 is 8.78 Å². The Hall–Kier alpha value is -1.75. The Balaban J connectivity index is 2.13. The van der Waals surface area contributed by atoms with Crippen molar-refractivity contribution in [3.63, 3.8) is 0 Å². The molecule has 5 heteroatoms. The average Bonchev–Trinajstić information content (AvgIpc) is 2.79. The minimum atomic E-state index is -0.822. The molecule has 0 aliphatic heterocycles. The summed E-state index contributed by atoms with van der Waals surface area (Å²) >= 11 is 0. The van der Waals surface area contributed by atoms with Gasteiger partial charge in [0.2, 0.25) is 0 Å². The van der Waals surface area contributed by atoms with E-state index in [4.69, 9.17) is 0 Å². The Kier molecular flexibility index (Phi) is 4.04. The third kappa shape index (κ3) is 2.92. The molecule has 1 aromatic carbocycles. The molecule has 0 radical (unpaired) electrons. The van der Waals surface area contributed by atoms with Crippen LogP contribution < -0.4 is 5.32 Å². The Morgan fingerprint density at radius 3 is 2.83 bits per heavy atom. The fourth-order valence-electron chi connectivity index (χ4n) is 1.73. The van der Waals surface area contributed by atoms with Gasteiger partial charge >= 0.3 is 0 Å². The van der Waals surface area contributed by atoms with Gasteiger partial charge in [-0.05, 0) is 24.2 Å². The maximum Gasteiger partial charge on any atom is 0.159 e. The summed E-state index contributed by atoms with van der Waals surface area (Å²) in [4.78, 5) is 4.07. The van der Waals surface area contributed by atoms with E-state index in [0.29, 0.717) is 18.7 Å². The van der Waals surface area contributed by atoms with E-state index in [1.54, 1.807) is 18.6 Å². The fourth-order valence-corrected chi connectivity index (χ4v) is 1.73. The molecule has 1 heterocycles. The van der Waals surface area contributed by atoms with Crippen molar-refractivity contribution in [1.29, 1.82) is 0 Å². The van der Waals surface area contributed by atoms with Crippen molar-refractivity contribution in [2.75, 3.05) is 6.54 Å². The monoisotopic (exact) mass is 251 g/mol. The molecule has 0 bridgehead atoms. The Morgan fingerprint density at radius 2 is 2.11 bits per heavy atom. The lowest BCUT2D eigenvalue weighted by Gasteiger charge is -2.08. The minimum Gasteiger partial charge on any atom is -0.329 e. The van der Waals surface area contributed by atoms with Crippen LogP contribution in [0.1, 0.15) is 18.2 Å². The lowest BCUT2D eigenvalue weighted by atomic mass is 10.2. The highest BCUT2D eigenvalue weighted by atomic mass is 19.2. The maximum atomic E-state index is 13.1. The molecule has 18 heavy (non-hydrogen) atoms. The van der Waals surface area contributed by atoms with Crippen LogP contribution in [0, 0.1) is 11.6 Å². The fraction of sp³-hybridized carbons (Fsp3) is 0.308. The predicted molar refractivity (Wildman–Crippen MR) is 65.1 cm³/mol. The molecule has 0 atom stereocenters. The molecule has 0 saturated carbocycles. The second-order valence-corrected chi connectivity index (χ2v) is 4.04. The van der Waals surface area contributed by atoms with Crippen LogP contribution in [0.4, 0.5) is 8.78 Å². The molecule has 0 amide bonds. The SMILES string of the molecule is CCNCc1cncn1Cc1ccc(F)c(F)c1. The van der Waals surface area contributed by atoms with Crippen LogP contribution in [0.25, 0.3) is 0 Å². The Morgan fingerprint density at radius 1 is 1.28 bits per heavy atom. The van der Waals surface area contributed by atoms with Gasteiger partial charge in [-0.2, -0.15) is 0 Å². The van der Waals surface area contributed by atoms with E-state index in [0.717, 1.165) is 18.3 Å². The van der Waals surface area contributed by atoms with E-state index >= 15 is 0 Å². The lowest BCUT2D eigenvalue weighted by Crippen LogP contribution is -2.15. The zero-order valence-corrected chi connectivity index (χ0v) is 10.2. The number of imidazole rings is 1. The number of hydrogen-bond acceptors (Lipinski definition) is 2. The van der Waals surface area contributed by atoms with Crippen molar-refractivity contribution in [2.45, 2.75) is 20.0 Å². The standard InChI is InChI=1S/C13H15F2N3/c1-2-16-6-11-7-17-9-18(11)8-10-3-4-12(14)13(15)5-10/h3-5,7,9,16H,2,6,8H2,1H3. The molecular weight excluding hydrogens is 236 g/mol. The number of nitrogens with one attached hydrogen (secondary N) is 1. The van der Waals surface area contributed by atoms with Crippen LogP contribution in [0.3, 0.4) is 0 Å². The zero-order chi connectivity index (χ0) is 13.0. The van der Waals surface area contributed by atoms with Crippen molar-refractivity contribution >= 4 is 0 Å². The molecule has 2 aromatic rings. The molecular formula is C13H15F2N3. The summed E-state index contributed by atoms with van der Waals surface area (Å²) in [6.07, 6.45) is 3.45. The van der Waals surface area contributed by atoms with E-state index in [-0.39, 0.29) is 0 Å². The number of hydrogen-bond donors (Lipinski definition) is 1. The summed E-state index contributed by atoms with van der Waals surface area (Å²) in [5.74, 6) is -1.64. The molecule has 0 spiro atoms. The highest BCUT2D eigenvalue weighted by molar-refractivity contribution is 5.19. The second-order valence-electron chi connectivity index (χ2n) is 4.04. The van der Waals surface area contributed by atoms with Crippen LogP contribution in [-0.2, 0) is 13.1 Å². The number of nitrogens with zero attached hydrogens (tertiary/aromatic N) is 2. The summed E-state index contributed by atoms with van der Waals surface area (Å²) in [5, 5.41) is 3.20. The van der Waals surface area contributed by atoms with Gasteiger partial charge in [-0.25, -0.2) is 13.8 Å². The van der Waals surface area contributed by atoms with Crippen LogP contribution >= 0.6 is 0 Å². The lowest BCUT2D eigenvalue weighted by molar-refractivity contribution is 0.506. The molecule has 0 aliphatic rings. The maximum absolute atomic E-state index is 13.1. The van der Waals surface area contributed by atoms with E-state index in [1.165, 1.54) is 6.07 Å². The first-order valence-electron chi connectivity index (χ1n) is 5.84. The number of halogens is 2. The summed E-state index contributed by atoms with van der Waals surface area (Å²) in [7, 11) is 0. The number of benzene rings is 1. The van der Waals surface area contributed by atoms with Gasteiger partial charge in [-0.15, -0.1) is 0 Å². The topological polar surface area (TPSA) is 29.9 Å². The van der Waals surface area contributed by atoms with Crippen LogP contribution in [-0.4, -0.2) is 16.1 Å². The molecule has 3 nitrogen and oxygen atoms in total. The van der Waals surface area contributed by atoms with E-state index in [2.05, 4.69) is 10.3 Å². The van der Waals surface area contributed by atoms with Crippen molar-refractivity contribution in [1.82, 2.24) is 14.9 Å². The molecule has 0 saturated heterocycles. The zero-order valence-electron chi connectivity index (χ0n) is 10.2. The van der Waals surface area contributed by atoms with Crippen molar-refractivity contribution in [3.05, 3.63) is 53.6 Å². The minimum absolute atomic E-state index is 0.484. The molecule has 1 aromatic heterocycles. The van der Waals surface area contributed by atoms with Gasteiger partial charge in [0.25, 0.3) is 0 Å². The van der Waals surface area contributed by atoms with Gasteiger partial charge in [0.05, 0.1) is 12.0 Å². The molecule has 0 unspecified atom stereocenters. The summed E-state index contributed by atoms with van der Waals surface area (Å²) in [5.41, 5.74) is 1.73. The first-order valence-corrected chi connectivity index (χ1v) is 5.84. The van der Waals surface area contributed by atoms with Crippen LogP contribution in [0.2, 0.25) is 0 Å². The molecule has 1 N–H and O–H groups in total. The first-order chi connectivity index (χ1) is 8.70. The third-order valence-corrected chi connectivity index (χ3v) is 2.69. The first kappa shape index (κ1) is 12.7. The van der Waals surface area contributed by atoms with Gasteiger partial charge in [-0.1, -0.05) is 13.0 Å². The normalized spacial score (nSPS) is 10.8. The molecule has 0 aliphatic carbocycles. The Labute approximate surface area is 104 Å². The largest absolute Gasteiger partial charge is 0.329 e. The van der Waals surface area contributed by atoms with Gasteiger partial charge in [0.15, 0.2) is 11.6 Å². The Bertz CT molecular complexity index is 523. The number of rotatable bonds is 5. The van der Waals surface area contributed by atoms with Gasteiger partial charge in [0, 0.05) is 19.3 Å². The highest BCUT2D eigenvalue weighted by Crippen LogP contribution is 2.11. The second kappa shape index (κ2) is 5.73. The highest BCUT2D eigenvalue weighted by Gasteiger charge is 2.05. The molecule has 0 fully saturated rings. The summed E-state index contributed by atoms with van der Waals surface area (Å²) in [6, 6.07) is 3.94. The average molecular weight is 251 g/mol. The van der Waals surface area contributed by atoms with Crippen LogP contribution in [0.5, 0.6) is 0 Å². The third-order valence-electron chi connectivity index (χ3n) is 2.69. The summed E-state index contributed by atoms with van der Waals surface area (Å²) < 4.78 is 27.8. The number of aromatic nitrogens is 2. The van der Waals surface area contributed by atoms with E-state index in [9.17, 15) is 8.78 Å². The van der Waals surface area contributed by atoms with Crippen molar-refractivity contribution in [2.24, 2.45) is 0 Å². The van der Waals surface area contributed by atoms with Gasteiger partial charge in [-0.3, -0.25) is 0 Å². The van der Waals surface area contributed by atoms with Gasteiger partial charge in [0.1, 0.15) is 0 Å². The van der Waals surface area contributed by atoms with E-state index in [1.807, 2.05) is 11.5 Å². The van der Waals surface area contributed by atoms with Crippen LogP contribution in [0.15, 0.2) is 30.7 Å². The molecule has 96 valence electrons. The smallest absolute Gasteiger partial charge is 0.159 e. The molecule has 2 rings (SSSR count). The summed E-state index contributed by atoms with van der Waals surface area (Å²) in [6.45, 7) is 4.09. The van der Waals surface area contributed by atoms with Crippen molar-refractivity contribution in [3.8, 4) is 0 Å². The predicted octanol–water partition coefficient (Wildman–Crippen LogP) is 2.32. The quantitative estimate of drug-likeness (QED) is 0.883. The van der Waals surface area contributed by atoms with E-state index < -0.39 is 11.6 Å².